The van der Waals surface area contributed by atoms with E-state index in [1.54, 1.807) is 12.1 Å². The highest BCUT2D eigenvalue weighted by molar-refractivity contribution is 5.51. The Morgan fingerprint density at radius 1 is 1.29 bits per heavy atom. The lowest BCUT2D eigenvalue weighted by Gasteiger charge is -2.12. The van der Waals surface area contributed by atoms with Crippen LogP contribution in [0.4, 0.5) is 13.2 Å². The summed E-state index contributed by atoms with van der Waals surface area (Å²) in [7, 11) is 1.19. The highest BCUT2D eigenvalue weighted by Gasteiger charge is 2.32. The average molecular weight is 240 g/mol. The van der Waals surface area contributed by atoms with Crippen LogP contribution in [0.15, 0.2) is 12.1 Å². The van der Waals surface area contributed by atoms with Crippen molar-refractivity contribution in [1.29, 1.82) is 10.5 Å². The Morgan fingerprint density at radius 3 is 2.35 bits per heavy atom. The molecule has 88 valence electrons. The van der Waals surface area contributed by atoms with E-state index in [1.807, 2.05) is 0 Å². The lowest BCUT2D eigenvalue weighted by atomic mass is 10.0. The molecule has 3 nitrogen and oxygen atoms in total. The normalized spacial score (nSPS) is 10.5. The molecule has 1 aromatic rings. The summed E-state index contributed by atoms with van der Waals surface area (Å²) in [4.78, 5) is 0. The minimum absolute atomic E-state index is 0.0991. The SMILES string of the molecule is COc1cc(C(F)(F)F)cc(C#N)c1CC#N. The van der Waals surface area contributed by atoms with E-state index in [2.05, 4.69) is 0 Å². The maximum atomic E-state index is 12.5. The van der Waals surface area contributed by atoms with Gasteiger partial charge >= 0.3 is 6.18 Å². The molecule has 0 aliphatic heterocycles. The zero-order valence-electron chi connectivity index (χ0n) is 8.80. The molecule has 0 radical (unpaired) electrons. The molecule has 0 aliphatic rings. The van der Waals surface area contributed by atoms with Gasteiger partial charge in [-0.15, -0.1) is 0 Å². The largest absolute Gasteiger partial charge is 0.496 e. The summed E-state index contributed by atoms with van der Waals surface area (Å²) in [6, 6.07) is 4.92. The monoisotopic (exact) mass is 240 g/mol. The standard InChI is InChI=1S/C11H7F3N2O/c1-17-10-5-8(11(12,13)14)4-7(6-16)9(10)2-3-15/h4-5H,2H2,1H3. The summed E-state index contributed by atoms with van der Waals surface area (Å²) in [6.45, 7) is 0. The van der Waals surface area contributed by atoms with E-state index in [4.69, 9.17) is 15.3 Å². The average Bonchev–Trinajstić information content (AvgIpc) is 2.28. The minimum Gasteiger partial charge on any atom is -0.496 e. The molecular weight excluding hydrogens is 233 g/mol. The molecule has 0 heterocycles. The Hall–Kier alpha value is -2.21. The van der Waals surface area contributed by atoms with Gasteiger partial charge in [-0.3, -0.25) is 0 Å². The Bertz CT molecular complexity index is 509. The van der Waals surface area contributed by atoms with E-state index in [9.17, 15) is 13.2 Å². The van der Waals surface area contributed by atoms with E-state index in [1.165, 1.54) is 7.11 Å². The maximum Gasteiger partial charge on any atom is 0.416 e. The molecule has 0 spiro atoms. The van der Waals surface area contributed by atoms with Gasteiger partial charge in [-0.1, -0.05) is 0 Å². The van der Waals surface area contributed by atoms with Gasteiger partial charge in [0.15, 0.2) is 0 Å². The van der Waals surface area contributed by atoms with Crippen LogP contribution in [0.25, 0.3) is 0 Å². The molecule has 0 bridgehead atoms. The van der Waals surface area contributed by atoms with Gasteiger partial charge in [-0.05, 0) is 12.1 Å². The van der Waals surface area contributed by atoms with E-state index in [0.717, 1.165) is 12.1 Å². The van der Waals surface area contributed by atoms with Crippen LogP contribution in [-0.2, 0) is 12.6 Å². The van der Waals surface area contributed by atoms with Gasteiger partial charge in [0.2, 0.25) is 0 Å². The molecule has 0 saturated carbocycles. The number of hydrogen-bond acceptors (Lipinski definition) is 3. The second-order valence-corrected chi connectivity index (χ2v) is 3.15. The lowest BCUT2D eigenvalue weighted by molar-refractivity contribution is -0.137. The van der Waals surface area contributed by atoms with Crippen molar-refractivity contribution in [3.05, 3.63) is 28.8 Å². The van der Waals surface area contributed by atoms with Crippen LogP contribution in [-0.4, -0.2) is 7.11 Å². The third-order valence-corrected chi connectivity index (χ3v) is 2.13. The van der Waals surface area contributed by atoms with E-state index in [-0.39, 0.29) is 23.3 Å². The Morgan fingerprint density at radius 2 is 1.94 bits per heavy atom. The van der Waals surface area contributed by atoms with Gasteiger partial charge in [0.25, 0.3) is 0 Å². The van der Waals surface area contributed by atoms with Crippen molar-refractivity contribution >= 4 is 0 Å². The summed E-state index contributed by atoms with van der Waals surface area (Å²) in [6.07, 6.45) is -4.73. The topological polar surface area (TPSA) is 56.8 Å². The molecule has 0 N–H and O–H groups in total. The molecule has 17 heavy (non-hydrogen) atoms. The molecule has 0 unspecified atom stereocenters. The predicted molar refractivity (Wildman–Crippen MR) is 52.0 cm³/mol. The number of hydrogen-bond donors (Lipinski definition) is 0. The minimum atomic E-state index is -4.55. The second-order valence-electron chi connectivity index (χ2n) is 3.15. The maximum absolute atomic E-state index is 12.5. The lowest BCUT2D eigenvalue weighted by Crippen LogP contribution is -2.07. The van der Waals surface area contributed by atoms with Crippen LogP contribution in [0, 0.1) is 22.7 Å². The van der Waals surface area contributed by atoms with Crippen molar-refractivity contribution < 1.29 is 17.9 Å². The zero-order chi connectivity index (χ0) is 13.1. The quantitative estimate of drug-likeness (QED) is 0.798. The molecular formula is C11H7F3N2O. The Kier molecular flexibility index (Phi) is 3.59. The fraction of sp³-hybridized carbons (Fsp3) is 0.273. The van der Waals surface area contributed by atoms with Crippen LogP contribution >= 0.6 is 0 Å². The van der Waals surface area contributed by atoms with Crippen LogP contribution in [0.1, 0.15) is 16.7 Å². The number of alkyl halides is 3. The number of rotatable bonds is 2. The molecule has 0 amide bonds. The predicted octanol–water partition coefficient (Wildman–Crippen LogP) is 2.65. The van der Waals surface area contributed by atoms with Gasteiger partial charge in [0.1, 0.15) is 5.75 Å². The Labute approximate surface area is 95.7 Å². The fourth-order valence-electron chi connectivity index (χ4n) is 1.35. The molecule has 0 aromatic heterocycles. The van der Waals surface area contributed by atoms with Gasteiger partial charge in [-0.25, -0.2) is 0 Å². The number of nitriles is 2. The first-order chi connectivity index (χ1) is 7.93. The first-order valence-electron chi connectivity index (χ1n) is 4.49. The third-order valence-electron chi connectivity index (χ3n) is 2.13. The van der Waals surface area contributed by atoms with Crippen molar-refractivity contribution in [2.45, 2.75) is 12.6 Å². The number of ether oxygens (including phenoxy) is 1. The number of nitrogens with zero attached hydrogens (tertiary/aromatic N) is 2. The summed E-state index contributed by atoms with van der Waals surface area (Å²) in [5.74, 6) is -0.0991. The molecule has 0 atom stereocenters. The van der Waals surface area contributed by atoms with Crippen molar-refractivity contribution in [2.75, 3.05) is 7.11 Å². The highest BCUT2D eigenvalue weighted by atomic mass is 19.4. The van der Waals surface area contributed by atoms with Gasteiger partial charge in [0.05, 0.1) is 36.8 Å². The first kappa shape index (κ1) is 12.9. The first-order valence-corrected chi connectivity index (χ1v) is 4.49. The van der Waals surface area contributed by atoms with Crippen LogP contribution in [0.3, 0.4) is 0 Å². The van der Waals surface area contributed by atoms with E-state index < -0.39 is 11.7 Å². The van der Waals surface area contributed by atoms with Crippen LogP contribution < -0.4 is 4.74 Å². The van der Waals surface area contributed by atoms with Crippen LogP contribution in [0.2, 0.25) is 0 Å². The van der Waals surface area contributed by atoms with Crippen LogP contribution in [0.5, 0.6) is 5.75 Å². The third kappa shape index (κ3) is 2.67. The van der Waals surface area contributed by atoms with Crippen molar-refractivity contribution in [2.24, 2.45) is 0 Å². The molecule has 0 aliphatic carbocycles. The molecule has 6 heteroatoms. The second kappa shape index (κ2) is 4.75. The van der Waals surface area contributed by atoms with Crippen molar-refractivity contribution in [3.63, 3.8) is 0 Å². The molecule has 1 aromatic carbocycles. The van der Waals surface area contributed by atoms with E-state index >= 15 is 0 Å². The molecule has 0 fully saturated rings. The van der Waals surface area contributed by atoms with Gasteiger partial charge in [0, 0.05) is 5.56 Å². The van der Waals surface area contributed by atoms with E-state index in [0.29, 0.717) is 0 Å². The smallest absolute Gasteiger partial charge is 0.416 e. The fourth-order valence-corrected chi connectivity index (χ4v) is 1.35. The van der Waals surface area contributed by atoms with Crippen molar-refractivity contribution in [3.8, 4) is 17.9 Å². The summed E-state index contributed by atoms with van der Waals surface area (Å²) in [5.41, 5.74) is -0.990. The van der Waals surface area contributed by atoms with Gasteiger partial charge in [-0.2, -0.15) is 23.7 Å². The Balaban J connectivity index is 3.47. The highest BCUT2D eigenvalue weighted by Crippen LogP contribution is 2.35. The number of methoxy groups -OCH3 is 1. The molecule has 1 rings (SSSR count). The summed E-state index contributed by atoms with van der Waals surface area (Å²) < 4.78 is 42.3. The van der Waals surface area contributed by atoms with Gasteiger partial charge < -0.3 is 4.74 Å². The number of halogens is 3. The zero-order valence-corrected chi connectivity index (χ0v) is 8.80. The summed E-state index contributed by atoms with van der Waals surface area (Å²) >= 11 is 0. The summed E-state index contributed by atoms with van der Waals surface area (Å²) in [5, 5.41) is 17.3. The number of benzene rings is 1. The van der Waals surface area contributed by atoms with Crippen molar-refractivity contribution in [1.82, 2.24) is 0 Å². The molecule has 0 saturated heterocycles.